The van der Waals surface area contributed by atoms with Gasteiger partial charge in [0.25, 0.3) is 11.6 Å². The number of amides is 1. The largest absolute Gasteiger partial charge is 0.454 e. The zero-order valence-electron chi connectivity index (χ0n) is 17.0. The number of rotatable bonds is 7. The maximum Gasteiger partial charge on any atom is 0.324 e. The van der Waals surface area contributed by atoms with Gasteiger partial charge in [0.2, 0.25) is 10.0 Å². The lowest BCUT2D eigenvalue weighted by atomic mass is 10.1. The molecule has 0 saturated carbocycles. The molecule has 0 radical (unpaired) electrons. The fourth-order valence-electron chi connectivity index (χ4n) is 3.38. The number of carbonyl (C=O) groups is 2. The van der Waals surface area contributed by atoms with Gasteiger partial charge in [-0.05, 0) is 50.1 Å². The number of ether oxygens (including phenoxy) is 1. The smallest absolute Gasteiger partial charge is 0.324 e. The number of halogens is 1. The molecule has 12 heteroatoms. The van der Waals surface area contributed by atoms with E-state index in [4.69, 9.17) is 16.3 Å². The molecule has 0 aromatic heterocycles. The lowest BCUT2D eigenvalue weighted by Crippen LogP contribution is -2.42. The van der Waals surface area contributed by atoms with Gasteiger partial charge < -0.3 is 10.1 Å². The number of nitro benzene ring substituents is 1. The first-order valence-electron chi connectivity index (χ1n) is 9.59. The number of nitrogens with zero attached hydrogens (tertiary/aromatic N) is 2. The molecule has 1 N–H and O–H groups in total. The molecule has 1 atom stereocenters. The molecule has 1 aliphatic rings. The first-order chi connectivity index (χ1) is 15.1. The van der Waals surface area contributed by atoms with E-state index in [1.807, 2.05) is 0 Å². The Kier molecular flexibility index (Phi) is 7.12. The second kappa shape index (κ2) is 9.63. The van der Waals surface area contributed by atoms with Crippen LogP contribution < -0.4 is 5.32 Å². The van der Waals surface area contributed by atoms with Crippen LogP contribution in [0.1, 0.15) is 18.4 Å². The van der Waals surface area contributed by atoms with Gasteiger partial charge >= 0.3 is 5.97 Å². The van der Waals surface area contributed by atoms with E-state index in [9.17, 15) is 28.1 Å². The van der Waals surface area contributed by atoms with Gasteiger partial charge in [-0.2, -0.15) is 4.31 Å². The van der Waals surface area contributed by atoms with Crippen molar-refractivity contribution in [1.29, 1.82) is 0 Å². The topological polar surface area (TPSA) is 136 Å². The fourth-order valence-corrected chi connectivity index (χ4v) is 5.15. The van der Waals surface area contributed by atoms with E-state index in [0.29, 0.717) is 11.4 Å². The van der Waals surface area contributed by atoms with Crippen LogP contribution in [0.4, 0.5) is 11.4 Å². The van der Waals surface area contributed by atoms with Crippen molar-refractivity contribution in [3.05, 3.63) is 63.2 Å². The van der Waals surface area contributed by atoms with Crippen molar-refractivity contribution in [3.63, 3.8) is 0 Å². The predicted molar refractivity (Wildman–Crippen MR) is 116 cm³/mol. The third-order valence-electron chi connectivity index (χ3n) is 5.02. The number of nitrogens with one attached hydrogen (secondary N) is 1. The summed E-state index contributed by atoms with van der Waals surface area (Å²) in [4.78, 5) is 35.2. The Morgan fingerprint density at radius 1 is 1.25 bits per heavy atom. The zero-order valence-corrected chi connectivity index (χ0v) is 18.6. The molecule has 10 nitrogen and oxygen atoms in total. The third kappa shape index (κ3) is 5.06. The molecule has 0 bridgehead atoms. The fraction of sp³-hybridized carbons (Fsp3) is 0.300. The molecule has 1 amide bonds. The second-order valence-corrected chi connectivity index (χ2v) is 9.42. The lowest BCUT2D eigenvalue weighted by Gasteiger charge is -2.22. The number of esters is 1. The maximum atomic E-state index is 12.9. The van der Waals surface area contributed by atoms with E-state index in [1.54, 1.807) is 0 Å². The normalized spacial score (nSPS) is 16.5. The molecule has 1 saturated heterocycles. The molecule has 170 valence electrons. The monoisotopic (exact) mass is 481 g/mol. The predicted octanol–water partition coefficient (Wildman–Crippen LogP) is 2.89. The van der Waals surface area contributed by atoms with Crippen molar-refractivity contribution < 1.29 is 27.7 Å². The van der Waals surface area contributed by atoms with E-state index in [1.165, 1.54) is 49.4 Å². The standard InChI is InChI=1S/C20H20ClN3O7S/c1-13-16(4-2-5-17(13)24(27)28)22-19(25)12-31-20(26)18-6-3-11-23(18)32(29,30)15-9-7-14(21)8-10-15/h2,4-5,7-10,18H,3,6,11-12H2,1H3,(H,22,25)/t18-/m0/s1. The molecule has 0 unspecified atom stereocenters. The number of hydrogen-bond donors (Lipinski definition) is 1. The zero-order chi connectivity index (χ0) is 23.5. The molecule has 1 fully saturated rings. The molecule has 2 aromatic rings. The Bertz CT molecular complexity index is 1150. The highest BCUT2D eigenvalue weighted by atomic mass is 35.5. The van der Waals surface area contributed by atoms with Gasteiger partial charge in [-0.25, -0.2) is 8.42 Å². The highest BCUT2D eigenvalue weighted by molar-refractivity contribution is 7.89. The molecular weight excluding hydrogens is 462 g/mol. The van der Waals surface area contributed by atoms with Crippen molar-refractivity contribution in [2.24, 2.45) is 0 Å². The summed E-state index contributed by atoms with van der Waals surface area (Å²) in [5.41, 5.74) is 0.315. The molecule has 0 aliphatic carbocycles. The van der Waals surface area contributed by atoms with E-state index in [2.05, 4.69) is 5.32 Å². The van der Waals surface area contributed by atoms with Gasteiger partial charge in [0.05, 0.1) is 21.1 Å². The number of nitro groups is 1. The Morgan fingerprint density at radius 3 is 2.59 bits per heavy atom. The van der Waals surface area contributed by atoms with Crippen LogP contribution >= 0.6 is 11.6 Å². The number of hydrogen-bond acceptors (Lipinski definition) is 7. The average Bonchev–Trinajstić information content (AvgIpc) is 3.24. The summed E-state index contributed by atoms with van der Waals surface area (Å²) in [6, 6.07) is 8.75. The van der Waals surface area contributed by atoms with E-state index in [0.717, 1.165) is 4.31 Å². The van der Waals surface area contributed by atoms with E-state index < -0.39 is 39.5 Å². The van der Waals surface area contributed by atoms with Gasteiger partial charge in [0.1, 0.15) is 6.04 Å². The van der Waals surface area contributed by atoms with Crippen LogP contribution in [0.25, 0.3) is 0 Å². The van der Waals surface area contributed by atoms with Crippen molar-refractivity contribution in [1.82, 2.24) is 4.31 Å². The van der Waals surface area contributed by atoms with E-state index >= 15 is 0 Å². The molecular formula is C20H20ClN3O7S. The van der Waals surface area contributed by atoms with Crippen molar-refractivity contribution in [2.45, 2.75) is 30.7 Å². The van der Waals surface area contributed by atoms with Gasteiger partial charge in [-0.15, -0.1) is 0 Å². The summed E-state index contributed by atoms with van der Waals surface area (Å²) in [5, 5.41) is 13.9. The molecule has 0 spiro atoms. The lowest BCUT2D eigenvalue weighted by molar-refractivity contribution is -0.385. The summed E-state index contributed by atoms with van der Waals surface area (Å²) >= 11 is 5.81. The van der Waals surface area contributed by atoms with Gasteiger partial charge in [0, 0.05) is 17.6 Å². The number of sulfonamides is 1. The highest BCUT2D eigenvalue weighted by Gasteiger charge is 2.40. The highest BCUT2D eigenvalue weighted by Crippen LogP contribution is 2.28. The Hall–Kier alpha value is -3.02. The first kappa shape index (κ1) is 23.6. The van der Waals surface area contributed by atoms with Gasteiger partial charge in [0.15, 0.2) is 6.61 Å². The minimum atomic E-state index is -3.95. The van der Waals surface area contributed by atoms with Crippen LogP contribution in [0.3, 0.4) is 0 Å². The number of benzene rings is 2. The van der Waals surface area contributed by atoms with Gasteiger partial charge in [-0.1, -0.05) is 17.7 Å². The molecule has 1 heterocycles. The van der Waals surface area contributed by atoms with Crippen molar-refractivity contribution in [3.8, 4) is 0 Å². The SMILES string of the molecule is Cc1c(NC(=O)COC(=O)[C@@H]2CCCN2S(=O)(=O)c2ccc(Cl)cc2)cccc1[N+](=O)[O-]. The first-order valence-corrected chi connectivity index (χ1v) is 11.4. The maximum absolute atomic E-state index is 12.9. The molecule has 2 aromatic carbocycles. The summed E-state index contributed by atoms with van der Waals surface area (Å²) < 4.78 is 31.9. The van der Waals surface area contributed by atoms with Gasteiger partial charge in [-0.3, -0.25) is 19.7 Å². The summed E-state index contributed by atoms with van der Waals surface area (Å²) in [5.74, 6) is -1.54. The van der Waals surface area contributed by atoms with Crippen molar-refractivity contribution in [2.75, 3.05) is 18.5 Å². The number of anilines is 1. The Balaban J connectivity index is 1.64. The molecule has 3 rings (SSSR count). The van der Waals surface area contributed by atoms with Crippen LogP contribution in [0.15, 0.2) is 47.4 Å². The van der Waals surface area contributed by atoms with Crippen LogP contribution in [0, 0.1) is 17.0 Å². The minimum Gasteiger partial charge on any atom is -0.454 e. The quantitative estimate of drug-likeness (QED) is 0.364. The number of carbonyl (C=O) groups excluding carboxylic acids is 2. The average molecular weight is 482 g/mol. The summed E-state index contributed by atoms with van der Waals surface area (Å²) in [6.07, 6.45) is 0.725. The minimum absolute atomic E-state index is 0.000454. The Labute approximate surface area is 189 Å². The van der Waals surface area contributed by atoms with Crippen LogP contribution in [0.2, 0.25) is 5.02 Å². The second-order valence-electron chi connectivity index (χ2n) is 7.09. The molecule has 32 heavy (non-hydrogen) atoms. The summed E-state index contributed by atoms with van der Waals surface area (Å²) in [6.45, 7) is 0.966. The van der Waals surface area contributed by atoms with E-state index in [-0.39, 0.29) is 34.8 Å². The Morgan fingerprint density at radius 2 is 1.94 bits per heavy atom. The van der Waals surface area contributed by atoms with Crippen LogP contribution in [-0.4, -0.2) is 48.7 Å². The van der Waals surface area contributed by atoms with Crippen LogP contribution in [-0.2, 0) is 24.3 Å². The van der Waals surface area contributed by atoms with Crippen LogP contribution in [0.5, 0.6) is 0 Å². The summed E-state index contributed by atoms with van der Waals surface area (Å²) in [7, 11) is -3.95. The van der Waals surface area contributed by atoms with Crippen molar-refractivity contribution >= 4 is 44.9 Å². The third-order valence-corrected chi connectivity index (χ3v) is 7.19. The molecule has 1 aliphatic heterocycles.